The number of nitrogens with one attached hydrogen (secondary N) is 1. The van der Waals surface area contributed by atoms with Gasteiger partial charge in [0, 0.05) is 17.7 Å². The minimum Gasteiger partial charge on any atom is -0.479 e. The zero-order valence-electron chi connectivity index (χ0n) is 13.3. The molecule has 1 N–H and O–H groups in total. The van der Waals surface area contributed by atoms with Gasteiger partial charge in [0.1, 0.15) is 11.8 Å². The molecule has 0 spiro atoms. The smallest absolute Gasteiger partial charge is 0.249 e. The predicted octanol–water partition coefficient (Wildman–Crippen LogP) is 2.65. The predicted molar refractivity (Wildman–Crippen MR) is 90.9 cm³/mol. The van der Waals surface area contributed by atoms with Crippen LogP contribution in [0.15, 0.2) is 42.6 Å². The van der Waals surface area contributed by atoms with E-state index in [9.17, 15) is 4.79 Å². The summed E-state index contributed by atoms with van der Waals surface area (Å²) >= 11 is 0. The van der Waals surface area contributed by atoms with E-state index in [-0.39, 0.29) is 18.4 Å². The van der Waals surface area contributed by atoms with E-state index >= 15 is 0 Å². The van der Waals surface area contributed by atoms with E-state index in [0.29, 0.717) is 17.3 Å². The molecule has 0 bridgehead atoms. The maximum atomic E-state index is 11.9. The molecule has 0 radical (unpaired) electrons. The van der Waals surface area contributed by atoms with Crippen molar-refractivity contribution >= 4 is 17.5 Å². The first kappa shape index (κ1) is 15.1. The highest BCUT2D eigenvalue weighted by molar-refractivity contribution is 5.93. The van der Waals surface area contributed by atoms with Gasteiger partial charge in [-0.2, -0.15) is 10.2 Å². The van der Waals surface area contributed by atoms with Crippen molar-refractivity contribution in [1.29, 1.82) is 5.26 Å². The molecule has 1 aliphatic carbocycles. The first-order valence-electron chi connectivity index (χ1n) is 8.01. The Morgan fingerprint density at radius 3 is 2.84 bits per heavy atom. The highest BCUT2D eigenvalue weighted by atomic mass is 16.5. The van der Waals surface area contributed by atoms with Gasteiger partial charge in [0.05, 0.1) is 0 Å². The molecule has 1 amide bonds. The number of carbonyl (C=O) groups excluding carboxylic acids is 1. The molecule has 1 aliphatic rings. The van der Waals surface area contributed by atoms with Crippen molar-refractivity contribution in [2.24, 2.45) is 5.92 Å². The molecule has 0 saturated heterocycles. The van der Waals surface area contributed by atoms with Crippen LogP contribution in [-0.4, -0.2) is 27.1 Å². The number of ether oxygens (including phenoxy) is 1. The Bertz CT molecular complexity index is 967. The molecule has 2 heterocycles. The third-order valence-electron chi connectivity index (χ3n) is 4.01. The van der Waals surface area contributed by atoms with Gasteiger partial charge in [-0.15, -0.1) is 5.10 Å². The Kier molecular flexibility index (Phi) is 3.78. The number of hydrogen-bond donors (Lipinski definition) is 1. The number of benzene rings is 1. The lowest BCUT2D eigenvalue weighted by Gasteiger charge is -2.05. The first-order valence-corrected chi connectivity index (χ1v) is 8.01. The van der Waals surface area contributed by atoms with Gasteiger partial charge in [0.15, 0.2) is 12.3 Å². The monoisotopic (exact) mass is 333 g/mol. The van der Waals surface area contributed by atoms with Crippen molar-refractivity contribution in [2.75, 3.05) is 11.9 Å². The molecule has 0 unspecified atom stereocenters. The number of hydrogen-bond acceptors (Lipinski definition) is 5. The lowest BCUT2D eigenvalue weighted by Crippen LogP contribution is -2.14. The number of aromatic nitrogens is 3. The second-order valence-electron chi connectivity index (χ2n) is 5.86. The highest BCUT2D eigenvalue weighted by Crippen LogP contribution is 2.30. The number of rotatable bonds is 5. The topological polar surface area (TPSA) is 92.3 Å². The van der Waals surface area contributed by atoms with Gasteiger partial charge in [-0.3, -0.25) is 10.1 Å². The maximum Gasteiger partial charge on any atom is 0.249 e. The largest absolute Gasteiger partial charge is 0.479 e. The number of nitrogens with zero attached hydrogens (tertiary/aromatic N) is 4. The fourth-order valence-corrected chi connectivity index (χ4v) is 2.59. The summed E-state index contributed by atoms with van der Waals surface area (Å²) in [5.41, 5.74) is 2.51. The normalized spacial score (nSPS) is 13.4. The third-order valence-corrected chi connectivity index (χ3v) is 4.01. The van der Waals surface area contributed by atoms with E-state index in [4.69, 9.17) is 10.00 Å². The van der Waals surface area contributed by atoms with Crippen LogP contribution in [0, 0.1) is 17.2 Å². The zero-order valence-corrected chi connectivity index (χ0v) is 13.3. The zero-order chi connectivity index (χ0) is 17.2. The summed E-state index contributed by atoms with van der Waals surface area (Å²) in [4.78, 5) is 16.3. The molecule has 2 aromatic heterocycles. The molecule has 7 nitrogen and oxygen atoms in total. The number of fused-ring (bicyclic) bond motifs is 1. The standard InChI is InChI=1S/C18H15N5O2/c19-9-11-25-14-7-5-12(6-8-14)15-2-1-10-23-16(15)20-18(22-23)21-17(24)13-3-4-13/h1-2,5-8,10,13H,3-4,11H2,(H,21,22,24). The van der Waals surface area contributed by atoms with Gasteiger partial charge < -0.3 is 4.74 Å². The Balaban J connectivity index is 1.63. The van der Waals surface area contributed by atoms with Crippen molar-refractivity contribution in [2.45, 2.75) is 12.8 Å². The summed E-state index contributed by atoms with van der Waals surface area (Å²) in [6.07, 6.45) is 3.67. The maximum absolute atomic E-state index is 11.9. The Morgan fingerprint density at radius 2 is 2.12 bits per heavy atom. The fraction of sp³-hybridized carbons (Fsp3) is 0.222. The van der Waals surface area contributed by atoms with Crippen LogP contribution in [0.5, 0.6) is 5.75 Å². The summed E-state index contributed by atoms with van der Waals surface area (Å²) in [6, 6.07) is 13.2. The molecular formula is C18H15N5O2. The minimum absolute atomic E-state index is 0.0170. The highest BCUT2D eigenvalue weighted by Gasteiger charge is 2.30. The van der Waals surface area contributed by atoms with E-state index in [1.165, 1.54) is 0 Å². The van der Waals surface area contributed by atoms with Gasteiger partial charge in [0.2, 0.25) is 11.9 Å². The summed E-state index contributed by atoms with van der Waals surface area (Å²) < 4.78 is 6.92. The average molecular weight is 333 g/mol. The molecule has 7 heteroatoms. The molecule has 124 valence electrons. The van der Waals surface area contributed by atoms with Crippen LogP contribution >= 0.6 is 0 Å². The van der Waals surface area contributed by atoms with Gasteiger partial charge in [0.25, 0.3) is 0 Å². The minimum atomic E-state index is -0.0172. The van der Waals surface area contributed by atoms with Crippen LogP contribution in [0.1, 0.15) is 12.8 Å². The van der Waals surface area contributed by atoms with E-state index in [0.717, 1.165) is 24.0 Å². The Labute approximate surface area is 143 Å². The van der Waals surface area contributed by atoms with Crippen LogP contribution < -0.4 is 10.1 Å². The van der Waals surface area contributed by atoms with Crippen LogP contribution in [0.3, 0.4) is 0 Å². The number of anilines is 1. The van der Waals surface area contributed by atoms with Crippen molar-refractivity contribution < 1.29 is 9.53 Å². The van der Waals surface area contributed by atoms with E-state index < -0.39 is 0 Å². The lowest BCUT2D eigenvalue weighted by molar-refractivity contribution is -0.117. The van der Waals surface area contributed by atoms with Crippen molar-refractivity contribution in [3.05, 3.63) is 42.6 Å². The number of nitriles is 1. The fourth-order valence-electron chi connectivity index (χ4n) is 2.59. The number of carbonyl (C=O) groups is 1. The number of amides is 1. The first-order chi connectivity index (χ1) is 12.2. The molecule has 4 rings (SSSR count). The van der Waals surface area contributed by atoms with Crippen molar-refractivity contribution in [3.63, 3.8) is 0 Å². The molecule has 25 heavy (non-hydrogen) atoms. The molecule has 1 aromatic carbocycles. The molecular weight excluding hydrogens is 318 g/mol. The van der Waals surface area contributed by atoms with Crippen LogP contribution in [0.25, 0.3) is 16.8 Å². The quantitative estimate of drug-likeness (QED) is 0.775. The van der Waals surface area contributed by atoms with E-state index in [2.05, 4.69) is 15.4 Å². The Morgan fingerprint density at radius 1 is 1.32 bits per heavy atom. The van der Waals surface area contributed by atoms with E-state index in [1.807, 2.05) is 42.5 Å². The second kappa shape index (κ2) is 6.24. The Hall–Kier alpha value is -3.40. The van der Waals surface area contributed by atoms with Crippen molar-refractivity contribution in [3.8, 4) is 22.9 Å². The van der Waals surface area contributed by atoms with Crippen molar-refractivity contribution in [1.82, 2.24) is 14.6 Å². The SMILES string of the molecule is N#CCOc1ccc(-c2cccn3nc(NC(=O)C4CC4)nc23)cc1. The molecule has 3 aromatic rings. The summed E-state index contributed by atoms with van der Waals surface area (Å²) in [5, 5.41) is 15.7. The molecule has 1 saturated carbocycles. The van der Waals surface area contributed by atoms with Gasteiger partial charge >= 0.3 is 0 Å². The summed E-state index contributed by atoms with van der Waals surface area (Å²) in [5.74, 6) is 1.04. The third kappa shape index (κ3) is 3.15. The summed E-state index contributed by atoms with van der Waals surface area (Å²) in [7, 11) is 0. The van der Waals surface area contributed by atoms with Gasteiger partial charge in [-0.25, -0.2) is 4.52 Å². The molecule has 0 atom stereocenters. The number of pyridine rings is 1. The van der Waals surface area contributed by atoms with Gasteiger partial charge in [-0.05, 0) is 42.7 Å². The lowest BCUT2D eigenvalue weighted by atomic mass is 10.1. The average Bonchev–Trinajstić information content (AvgIpc) is 3.40. The summed E-state index contributed by atoms with van der Waals surface area (Å²) in [6.45, 7) is 0.0170. The second-order valence-corrected chi connectivity index (χ2v) is 5.86. The van der Waals surface area contributed by atoms with Crippen LogP contribution in [-0.2, 0) is 4.79 Å². The molecule has 1 fully saturated rings. The van der Waals surface area contributed by atoms with Crippen LogP contribution in [0.4, 0.5) is 5.95 Å². The van der Waals surface area contributed by atoms with Gasteiger partial charge in [-0.1, -0.05) is 12.1 Å². The van der Waals surface area contributed by atoms with E-state index in [1.54, 1.807) is 10.7 Å². The van der Waals surface area contributed by atoms with Crippen LogP contribution in [0.2, 0.25) is 0 Å². The molecule has 0 aliphatic heterocycles.